The first-order valence-corrected chi connectivity index (χ1v) is 7.07. The lowest BCUT2D eigenvalue weighted by Crippen LogP contribution is -2.23. The Morgan fingerprint density at radius 3 is 1.79 bits per heavy atom. The van der Waals surface area contributed by atoms with Crippen molar-refractivity contribution in [2.45, 2.75) is 38.0 Å². The molecule has 0 aromatic heterocycles. The normalized spacial score (nSPS) is 17.5. The fourth-order valence-corrected chi connectivity index (χ4v) is 3.38. The van der Waals surface area contributed by atoms with Crippen LogP contribution in [-0.4, -0.2) is 5.11 Å². The number of hydrogen-bond acceptors (Lipinski definition) is 1. The van der Waals surface area contributed by atoms with Gasteiger partial charge in [-0.15, -0.1) is 0 Å². The van der Waals surface area contributed by atoms with E-state index in [0.717, 1.165) is 0 Å². The third-order valence-electron chi connectivity index (χ3n) is 4.48. The Labute approximate surface area is 114 Å². The standard InChI is InChI=1S/C18H20O/c1-14-4-6-15(7-5-14)18(12-2-3-13-18)16-8-10-17(19)11-9-16/h4-11,19H,2-3,12-13H2,1H3. The first kappa shape index (κ1) is 12.3. The van der Waals surface area contributed by atoms with E-state index in [-0.39, 0.29) is 5.41 Å². The predicted molar refractivity (Wildman–Crippen MR) is 78.5 cm³/mol. The Hall–Kier alpha value is -1.76. The maximum Gasteiger partial charge on any atom is 0.115 e. The van der Waals surface area contributed by atoms with Gasteiger partial charge in [-0.25, -0.2) is 0 Å². The van der Waals surface area contributed by atoms with Crippen molar-refractivity contribution in [3.63, 3.8) is 0 Å². The van der Waals surface area contributed by atoms with Crippen molar-refractivity contribution in [3.8, 4) is 5.75 Å². The largest absolute Gasteiger partial charge is 0.508 e. The molecule has 0 aliphatic heterocycles. The van der Waals surface area contributed by atoms with Gasteiger partial charge in [-0.2, -0.15) is 0 Å². The van der Waals surface area contributed by atoms with Crippen LogP contribution in [0.25, 0.3) is 0 Å². The van der Waals surface area contributed by atoms with Gasteiger partial charge in [0.2, 0.25) is 0 Å². The van der Waals surface area contributed by atoms with Gasteiger partial charge in [-0.3, -0.25) is 0 Å². The van der Waals surface area contributed by atoms with Crippen LogP contribution in [0.2, 0.25) is 0 Å². The highest BCUT2D eigenvalue weighted by Crippen LogP contribution is 2.46. The van der Waals surface area contributed by atoms with Crippen molar-refractivity contribution in [1.82, 2.24) is 0 Å². The van der Waals surface area contributed by atoms with Gasteiger partial charge in [-0.1, -0.05) is 54.8 Å². The van der Waals surface area contributed by atoms with Gasteiger partial charge in [0.05, 0.1) is 0 Å². The summed E-state index contributed by atoms with van der Waals surface area (Å²) in [5.74, 6) is 0.348. The van der Waals surface area contributed by atoms with Crippen molar-refractivity contribution in [2.75, 3.05) is 0 Å². The molecule has 1 saturated carbocycles. The quantitative estimate of drug-likeness (QED) is 0.830. The average molecular weight is 252 g/mol. The predicted octanol–water partition coefficient (Wildman–Crippen LogP) is 4.56. The molecular formula is C18H20O. The van der Waals surface area contributed by atoms with E-state index in [0.29, 0.717) is 5.75 Å². The molecule has 1 fully saturated rings. The van der Waals surface area contributed by atoms with Gasteiger partial charge in [-0.05, 0) is 43.0 Å². The molecule has 1 N–H and O–H groups in total. The lowest BCUT2D eigenvalue weighted by molar-refractivity contribution is 0.473. The summed E-state index contributed by atoms with van der Waals surface area (Å²) in [6.45, 7) is 2.13. The number of aromatic hydroxyl groups is 1. The molecule has 0 bridgehead atoms. The van der Waals surface area contributed by atoms with E-state index in [1.54, 1.807) is 0 Å². The second-order valence-electron chi connectivity index (χ2n) is 5.70. The minimum atomic E-state index is 0.154. The second kappa shape index (κ2) is 4.73. The van der Waals surface area contributed by atoms with Gasteiger partial charge in [0, 0.05) is 5.41 Å². The van der Waals surface area contributed by atoms with Gasteiger partial charge >= 0.3 is 0 Å². The smallest absolute Gasteiger partial charge is 0.115 e. The average Bonchev–Trinajstić information content (AvgIpc) is 2.91. The van der Waals surface area contributed by atoms with Crippen LogP contribution in [0.3, 0.4) is 0 Å². The molecule has 0 amide bonds. The second-order valence-corrected chi connectivity index (χ2v) is 5.70. The van der Waals surface area contributed by atoms with Crippen LogP contribution in [0.4, 0.5) is 0 Å². The highest BCUT2D eigenvalue weighted by atomic mass is 16.3. The van der Waals surface area contributed by atoms with E-state index < -0.39 is 0 Å². The monoisotopic (exact) mass is 252 g/mol. The Morgan fingerprint density at radius 1 is 0.789 bits per heavy atom. The van der Waals surface area contributed by atoms with E-state index in [9.17, 15) is 5.11 Å². The Bertz CT molecular complexity index is 498. The number of aryl methyl sites for hydroxylation is 1. The van der Waals surface area contributed by atoms with E-state index in [2.05, 4.69) is 43.3 Å². The lowest BCUT2D eigenvalue weighted by atomic mass is 9.73. The summed E-state index contributed by atoms with van der Waals surface area (Å²) in [4.78, 5) is 0. The summed E-state index contributed by atoms with van der Waals surface area (Å²) in [6, 6.07) is 16.7. The van der Waals surface area contributed by atoms with E-state index >= 15 is 0 Å². The Balaban J connectivity index is 2.08. The van der Waals surface area contributed by atoms with E-state index in [1.165, 1.54) is 42.4 Å². The fourth-order valence-electron chi connectivity index (χ4n) is 3.38. The van der Waals surface area contributed by atoms with E-state index in [1.807, 2.05) is 12.1 Å². The molecule has 0 spiro atoms. The van der Waals surface area contributed by atoms with Gasteiger partial charge < -0.3 is 5.11 Å². The van der Waals surface area contributed by atoms with Crippen LogP contribution in [0, 0.1) is 6.92 Å². The molecule has 0 atom stereocenters. The zero-order valence-electron chi connectivity index (χ0n) is 11.4. The summed E-state index contributed by atoms with van der Waals surface area (Å²) in [5.41, 5.74) is 4.22. The summed E-state index contributed by atoms with van der Waals surface area (Å²) in [6.07, 6.45) is 4.99. The van der Waals surface area contributed by atoms with Crippen molar-refractivity contribution < 1.29 is 5.11 Å². The van der Waals surface area contributed by atoms with Crippen LogP contribution in [-0.2, 0) is 5.41 Å². The third kappa shape index (κ3) is 2.14. The Morgan fingerprint density at radius 2 is 1.26 bits per heavy atom. The van der Waals surface area contributed by atoms with Gasteiger partial charge in [0.1, 0.15) is 5.75 Å². The first-order chi connectivity index (χ1) is 9.21. The van der Waals surface area contributed by atoms with Crippen molar-refractivity contribution in [1.29, 1.82) is 0 Å². The van der Waals surface area contributed by atoms with Crippen LogP contribution >= 0.6 is 0 Å². The summed E-state index contributed by atoms with van der Waals surface area (Å²) in [5, 5.41) is 9.49. The van der Waals surface area contributed by atoms with Crippen LogP contribution < -0.4 is 0 Å². The minimum absolute atomic E-state index is 0.154. The molecule has 19 heavy (non-hydrogen) atoms. The molecule has 1 aliphatic rings. The van der Waals surface area contributed by atoms with Gasteiger partial charge in [0.25, 0.3) is 0 Å². The van der Waals surface area contributed by atoms with Gasteiger partial charge in [0.15, 0.2) is 0 Å². The number of rotatable bonds is 2. The molecule has 2 aromatic carbocycles. The van der Waals surface area contributed by atoms with E-state index in [4.69, 9.17) is 0 Å². The highest BCUT2D eigenvalue weighted by Gasteiger charge is 2.37. The molecule has 2 aromatic rings. The molecule has 0 saturated heterocycles. The van der Waals surface area contributed by atoms with Crippen LogP contribution in [0.15, 0.2) is 48.5 Å². The number of hydrogen-bond donors (Lipinski definition) is 1. The molecule has 1 nitrogen and oxygen atoms in total. The lowest BCUT2D eigenvalue weighted by Gasteiger charge is -2.30. The van der Waals surface area contributed by atoms with Crippen molar-refractivity contribution in [3.05, 3.63) is 65.2 Å². The zero-order valence-corrected chi connectivity index (χ0v) is 11.4. The maximum absolute atomic E-state index is 9.49. The third-order valence-corrected chi connectivity index (χ3v) is 4.48. The number of phenolic OH excluding ortho intramolecular Hbond substituents is 1. The van der Waals surface area contributed by atoms with Crippen LogP contribution in [0.1, 0.15) is 42.4 Å². The molecule has 0 heterocycles. The van der Waals surface area contributed by atoms with Crippen LogP contribution in [0.5, 0.6) is 5.75 Å². The number of phenols is 1. The molecule has 1 heteroatoms. The number of benzene rings is 2. The van der Waals surface area contributed by atoms with Crippen molar-refractivity contribution >= 4 is 0 Å². The molecule has 1 aliphatic carbocycles. The topological polar surface area (TPSA) is 20.2 Å². The first-order valence-electron chi connectivity index (χ1n) is 7.07. The SMILES string of the molecule is Cc1ccc(C2(c3ccc(O)cc3)CCCC2)cc1. The molecule has 98 valence electrons. The molecule has 0 unspecified atom stereocenters. The molecular weight excluding hydrogens is 232 g/mol. The van der Waals surface area contributed by atoms with Crippen molar-refractivity contribution in [2.24, 2.45) is 0 Å². The molecule has 0 radical (unpaired) electrons. The zero-order chi connectivity index (χ0) is 13.3. The minimum Gasteiger partial charge on any atom is -0.508 e. The summed E-state index contributed by atoms with van der Waals surface area (Å²) in [7, 11) is 0. The summed E-state index contributed by atoms with van der Waals surface area (Å²) < 4.78 is 0. The molecule has 3 rings (SSSR count). The maximum atomic E-state index is 9.49. The summed E-state index contributed by atoms with van der Waals surface area (Å²) >= 11 is 0. The fraction of sp³-hybridized carbons (Fsp3) is 0.333. The highest BCUT2D eigenvalue weighted by molar-refractivity contribution is 5.42. The Kier molecular flexibility index (Phi) is 3.06.